The smallest absolute Gasteiger partial charge is 0.165 e. The number of nitrogens with two attached hydrogens (primary N) is 1. The summed E-state index contributed by atoms with van der Waals surface area (Å²) in [7, 11) is 0. The first-order valence-electron chi connectivity index (χ1n) is 7.29. The zero-order valence-corrected chi connectivity index (χ0v) is 12.2. The molecule has 2 aromatic rings. The second kappa shape index (κ2) is 5.36. The Morgan fingerprint density at radius 1 is 1.15 bits per heavy atom. The van der Waals surface area contributed by atoms with Crippen LogP contribution in [0.4, 0.5) is 5.82 Å². The maximum atomic E-state index is 5.79. The highest BCUT2D eigenvalue weighted by Crippen LogP contribution is 2.22. The molecule has 0 aliphatic carbocycles. The summed E-state index contributed by atoms with van der Waals surface area (Å²) in [5.74, 6) is 2.09. The Labute approximate surface area is 119 Å². The molecule has 0 amide bonds. The van der Waals surface area contributed by atoms with Gasteiger partial charge >= 0.3 is 0 Å². The van der Waals surface area contributed by atoms with E-state index in [-0.39, 0.29) is 0 Å². The normalized spacial score (nSPS) is 23.7. The Bertz CT molecular complexity index is 582. The summed E-state index contributed by atoms with van der Waals surface area (Å²) < 4.78 is 2.07. The van der Waals surface area contributed by atoms with Crippen LogP contribution >= 0.6 is 0 Å². The van der Waals surface area contributed by atoms with Crippen LogP contribution < -0.4 is 5.73 Å². The zero-order chi connectivity index (χ0) is 14.1. The number of hydrogen-bond acceptors (Lipinski definition) is 5. The second-order valence-corrected chi connectivity index (χ2v) is 5.94. The number of likely N-dealkylation sites (tertiary alicyclic amines) is 1. The molecule has 2 unspecified atom stereocenters. The number of nitrogens with zero attached hydrogens (tertiary/aromatic N) is 5. The quantitative estimate of drug-likeness (QED) is 0.912. The highest BCUT2D eigenvalue weighted by Gasteiger charge is 2.25. The summed E-state index contributed by atoms with van der Waals surface area (Å²) in [6.07, 6.45) is 4.42. The van der Waals surface area contributed by atoms with Crippen LogP contribution in [0.25, 0.3) is 11.2 Å². The van der Waals surface area contributed by atoms with Crippen LogP contribution in [0.15, 0.2) is 12.7 Å². The number of aromatic nitrogens is 4. The van der Waals surface area contributed by atoms with E-state index in [1.165, 1.54) is 19.4 Å². The van der Waals surface area contributed by atoms with Crippen LogP contribution in [0.5, 0.6) is 0 Å². The van der Waals surface area contributed by atoms with Crippen molar-refractivity contribution in [2.24, 2.45) is 11.8 Å². The van der Waals surface area contributed by atoms with E-state index in [2.05, 4.69) is 38.3 Å². The van der Waals surface area contributed by atoms with Gasteiger partial charge in [-0.1, -0.05) is 13.8 Å². The maximum absolute atomic E-state index is 5.79. The van der Waals surface area contributed by atoms with Gasteiger partial charge in [-0.05, 0) is 24.8 Å². The van der Waals surface area contributed by atoms with Gasteiger partial charge in [-0.3, -0.25) is 0 Å². The number of rotatable bonds is 4. The van der Waals surface area contributed by atoms with Crippen molar-refractivity contribution in [1.82, 2.24) is 24.4 Å². The third-order valence-electron chi connectivity index (χ3n) is 4.37. The first kappa shape index (κ1) is 13.3. The van der Waals surface area contributed by atoms with Crippen molar-refractivity contribution < 1.29 is 0 Å². The predicted molar refractivity (Wildman–Crippen MR) is 79.1 cm³/mol. The third kappa shape index (κ3) is 2.47. The SMILES string of the molecule is CC1CN(CCCn2cnc3c(N)ncnc32)CC1C. The molecule has 1 fully saturated rings. The Morgan fingerprint density at radius 2 is 1.90 bits per heavy atom. The minimum atomic E-state index is 0.455. The van der Waals surface area contributed by atoms with E-state index < -0.39 is 0 Å². The minimum absolute atomic E-state index is 0.455. The van der Waals surface area contributed by atoms with E-state index in [1.807, 2.05) is 6.33 Å². The minimum Gasteiger partial charge on any atom is -0.382 e. The predicted octanol–water partition coefficient (Wildman–Crippen LogP) is 1.39. The number of aryl methyl sites for hydroxylation is 1. The lowest BCUT2D eigenvalue weighted by atomic mass is 10.0. The lowest BCUT2D eigenvalue weighted by molar-refractivity contribution is 0.312. The van der Waals surface area contributed by atoms with Crippen molar-refractivity contribution in [1.29, 1.82) is 0 Å². The van der Waals surface area contributed by atoms with Gasteiger partial charge in [0.05, 0.1) is 6.33 Å². The average molecular weight is 274 g/mol. The molecule has 1 aliphatic heterocycles. The number of hydrogen-bond donors (Lipinski definition) is 1. The fourth-order valence-corrected chi connectivity index (χ4v) is 2.96. The summed E-state index contributed by atoms with van der Waals surface area (Å²) in [6, 6.07) is 0. The van der Waals surface area contributed by atoms with Crippen LogP contribution in [-0.2, 0) is 6.54 Å². The highest BCUT2D eigenvalue weighted by molar-refractivity contribution is 5.80. The van der Waals surface area contributed by atoms with Crippen LogP contribution in [0, 0.1) is 11.8 Å². The van der Waals surface area contributed by atoms with Crippen molar-refractivity contribution in [3.05, 3.63) is 12.7 Å². The highest BCUT2D eigenvalue weighted by atomic mass is 15.2. The molecule has 2 atom stereocenters. The summed E-state index contributed by atoms with van der Waals surface area (Å²) >= 11 is 0. The van der Waals surface area contributed by atoms with Gasteiger partial charge in [-0.2, -0.15) is 0 Å². The molecule has 2 aromatic heterocycles. The first-order chi connectivity index (χ1) is 9.65. The van der Waals surface area contributed by atoms with Gasteiger partial charge in [0.2, 0.25) is 0 Å². The second-order valence-electron chi connectivity index (χ2n) is 5.94. The average Bonchev–Trinajstić information content (AvgIpc) is 2.96. The fourth-order valence-electron chi connectivity index (χ4n) is 2.96. The fraction of sp³-hybridized carbons (Fsp3) is 0.643. The molecule has 6 heteroatoms. The first-order valence-corrected chi connectivity index (χ1v) is 7.29. The maximum Gasteiger partial charge on any atom is 0.165 e. The van der Waals surface area contributed by atoms with Gasteiger partial charge < -0.3 is 15.2 Å². The number of fused-ring (bicyclic) bond motifs is 1. The van der Waals surface area contributed by atoms with Crippen LogP contribution in [-0.4, -0.2) is 44.1 Å². The Balaban J connectivity index is 1.59. The molecular weight excluding hydrogens is 252 g/mol. The van der Waals surface area contributed by atoms with Crippen molar-refractivity contribution in [3.63, 3.8) is 0 Å². The molecule has 1 aliphatic rings. The summed E-state index contributed by atoms with van der Waals surface area (Å²) in [5, 5.41) is 0. The van der Waals surface area contributed by atoms with Crippen LogP contribution in [0.1, 0.15) is 20.3 Å². The van der Waals surface area contributed by atoms with E-state index in [0.29, 0.717) is 11.3 Å². The van der Waals surface area contributed by atoms with Gasteiger partial charge in [0.1, 0.15) is 11.8 Å². The van der Waals surface area contributed by atoms with Gasteiger partial charge in [0.15, 0.2) is 11.5 Å². The molecule has 0 radical (unpaired) electrons. The van der Waals surface area contributed by atoms with E-state index >= 15 is 0 Å². The molecule has 3 heterocycles. The van der Waals surface area contributed by atoms with Crippen LogP contribution in [0.3, 0.4) is 0 Å². The lowest BCUT2D eigenvalue weighted by Gasteiger charge is -2.15. The Morgan fingerprint density at radius 3 is 2.65 bits per heavy atom. The Kier molecular flexibility index (Phi) is 3.56. The Hall–Kier alpha value is -1.69. The molecule has 108 valence electrons. The van der Waals surface area contributed by atoms with E-state index in [1.54, 1.807) is 0 Å². The summed E-state index contributed by atoms with van der Waals surface area (Å²) in [4.78, 5) is 15.1. The molecule has 6 nitrogen and oxygen atoms in total. The van der Waals surface area contributed by atoms with Crippen LogP contribution in [0.2, 0.25) is 0 Å². The molecule has 0 aromatic carbocycles. The van der Waals surface area contributed by atoms with E-state index in [4.69, 9.17) is 5.73 Å². The zero-order valence-electron chi connectivity index (χ0n) is 12.2. The number of anilines is 1. The van der Waals surface area contributed by atoms with E-state index in [0.717, 1.165) is 37.0 Å². The third-order valence-corrected chi connectivity index (χ3v) is 4.37. The summed E-state index contributed by atoms with van der Waals surface area (Å²) in [6.45, 7) is 9.19. The van der Waals surface area contributed by atoms with Gasteiger partial charge in [-0.25, -0.2) is 15.0 Å². The molecular formula is C14H22N6. The van der Waals surface area contributed by atoms with Crippen molar-refractivity contribution in [2.45, 2.75) is 26.8 Å². The number of nitrogen functional groups attached to an aromatic ring is 1. The van der Waals surface area contributed by atoms with Crippen molar-refractivity contribution in [2.75, 3.05) is 25.4 Å². The lowest BCUT2D eigenvalue weighted by Crippen LogP contribution is -2.23. The topological polar surface area (TPSA) is 72.9 Å². The molecule has 0 spiro atoms. The largest absolute Gasteiger partial charge is 0.382 e. The molecule has 1 saturated heterocycles. The van der Waals surface area contributed by atoms with Gasteiger partial charge in [0.25, 0.3) is 0 Å². The van der Waals surface area contributed by atoms with Crippen molar-refractivity contribution >= 4 is 17.0 Å². The molecule has 2 N–H and O–H groups in total. The molecule has 0 saturated carbocycles. The molecule has 3 rings (SSSR count). The van der Waals surface area contributed by atoms with Gasteiger partial charge in [0, 0.05) is 19.6 Å². The van der Waals surface area contributed by atoms with Gasteiger partial charge in [-0.15, -0.1) is 0 Å². The van der Waals surface area contributed by atoms with Crippen molar-refractivity contribution in [3.8, 4) is 0 Å². The number of imidazole rings is 1. The standard InChI is InChI=1S/C14H22N6/c1-10-6-19(7-11(10)2)4-3-5-20-9-18-12-13(15)16-8-17-14(12)20/h8-11H,3-7H2,1-2H3,(H2,15,16,17). The van der Waals surface area contributed by atoms with E-state index in [9.17, 15) is 0 Å². The molecule has 0 bridgehead atoms. The molecule has 20 heavy (non-hydrogen) atoms. The summed E-state index contributed by atoms with van der Waals surface area (Å²) in [5.41, 5.74) is 7.33. The monoisotopic (exact) mass is 274 g/mol.